The number of anilines is 1. The highest BCUT2D eigenvalue weighted by Gasteiger charge is 2.19. The Balaban J connectivity index is 1.83. The van der Waals surface area contributed by atoms with Gasteiger partial charge in [0.25, 0.3) is 5.56 Å². The SMILES string of the molecule is Cc1cc2c(-c3ccc(F)cc3)c(NC(=O)NCc3ccccc3)n(C)c(=O)c2cc1C. The fourth-order valence-electron chi connectivity index (χ4n) is 3.76. The first-order valence-corrected chi connectivity index (χ1v) is 10.3. The van der Waals surface area contributed by atoms with Crippen molar-refractivity contribution in [1.82, 2.24) is 9.88 Å². The van der Waals surface area contributed by atoms with E-state index >= 15 is 0 Å². The molecule has 3 aromatic carbocycles. The third-order valence-electron chi connectivity index (χ3n) is 5.67. The quantitative estimate of drug-likeness (QED) is 0.463. The lowest BCUT2D eigenvalue weighted by Gasteiger charge is -2.19. The van der Waals surface area contributed by atoms with Gasteiger partial charge in [-0.25, -0.2) is 9.18 Å². The van der Waals surface area contributed by atoms with E-state index in [1.165, 1.54) is 16.7 Å². The second-order valence-electron chi connectivity index (χ2n) is 7.87. The number of pyridine rings is 1. The highest BCUT2D eigenvalue weighted by atomic mass is 19.1. The summed E-state index contributed by atoms with van der Waals surface area (Å²) in [5.74, 6) is -0.00654. The molecule has 0 aliphatic carbocycles. The van der Waals surface area contributed by atoms with E-state index in [1.807, 2.05) is 56.3 Å². The molecule has 1 heterocycles. The summed E-state index contributed by atoms with van der Waals surface area (Å²) in [4.78, 5) is 25.9. The van der Waals surface area contributed by atoms with Crippen LogP contribution in [0.1, 0.15) is 16.7 Å². The van der Waals surface area contributed by atoms with Crippen LogP contribution in [-0.2, 0) is 13.6 Å². The summed E-state index contributed by atoms with van der Waals surface area (Å²) in [7, 11) is 1.62. The van der Waals surface area contributed by atoms with Gasteiger partial charge in [0.1, 0.15) is 11.6 Å². The highest BCUT2D eigenvalue weighted by molar-refractivity contribution is 6.05. The van der Waals surface area contributed by atoms with Gasteiger partial charge in [-0.1, -0.05) is 48.5 Å². The Morgan fingerprint density at radius 1 is 0.938 bits per heavy atom. The van der Waals surface area contributed by atoms with Crippen LogP contribution in [0, 0.1) is 19.7 Å². The molecule has 5 nitrogen and oxygen atoms in total. The van der Waals surface area contributed by atoms with Crippen molar-refractivity contribution in [2.24, 2.45) is 7.05 Å². The van der Waals surface area contributed by atoms with Gasteiger partial charge in [0, 0.05) is 24.5 Å². The Hall–Kier alpha value is -3.93. The molecule has 0 saturated carbocycles. The molecule has 2 N–H and O–H groups in total. The molecule has 6 heteroatoms. The maximum atomic E-state index is 13.6. The van der Waals surface area contributed by atoms with Crippen molar-refractivity contribution in [3.63, 3.8) is 0 Å². The molecule has 162 valence electrons. The first kappa shape index (κ1) is 21.3. The van der Waals surface area contributed by atoms with Crippen LogP contribution < -0.4 is 16.2 Å². The number of aromatic nitrogens is 1. The third-order valence-corrected chi connectivity index (χ3v) is 5.67. The average molecular weight is 429 g/mol. The molecule has 0 aliphatic rings. The lowest BCUT2D eigenvalue weighted by molar-refractivity contribution is 0.251. The molecule has 0 atom stereocenters. The number of aryl methyl sites for hydroxylation is 2. The molecule has 0 fully saturated rings. The van der Waals surface area contributed by atoms with E-state index in [1.54, 1.807) is 19.2 Å². The Morgan fingerprint density at radius 2 is 1.56 bits per heavy atom. The van der Waals surface area contributed by atoms with Gasteiger partial charge in [-0.15, -0.1) is 0 Å². The van der Waals surface area contributed by atoms with Crippen molar-refractivity contribution in [1.29, 1.82) is 0 Å². The van der Waals surface area contributed by atoms with E-state index in [0.29, 0.717) is 34.3 Å². The maximum absolute atomic E-state index is 13.6. The van der Waals surface area contributed by atoms with E-state index in [-0.39, 0.29) is 11.4 Å². The fraction of sp³-hybridized carbons (Fsp3) is 0.154. The van der Waals surface area contributed by atoms with Crippen LogP contribution in [0.4, 0.5) is 15.0 Å². The standard InChI is InChI=1S/C26H24FN3O2/c1-16-13-21-22(14-17(16)2)25(31)30(3)24(23(21)19-9-11-20(27)12-10-19)29-26(32)28-15-18-7-5-4-6-8-18/h4-14H,15H2,1-3H3,(H2,28,29,32). The van der Waals surface area contributed by atoms with Crippen LogP contribution in [0.3, 0.4) is 0 Å². The maximum Gasteiger partial charge on any atom is 0.320 e. The van der Waals surface area contributed by atoms with Crippen molar-refractivity contribution in [3.05, 3.63) is 99.6 Å². The van der Waals surface area contributed by atoms with E-state index in [9.17, 15) is 14.0 Å². The summed E-state index contributed by atoms with van der Waals surface area (Å²) in [6.45, 7) is 4.27. The predicted molar refractivity (Wildman–Crippen MR) is 126 cm³/mol. The fourth-order valence-corrected chi connectivity index (χ4v) is 3.76. The predicted octanol–water partition coefficient (Wildman–Crippen LogP) is 5.28. The van der Waals surface area contributed by atoms with Gasteiger partial charge < -0.3 is 5.32 Å². The number of hydrogen-bond acceptors (Lipinski definition) is 2. The van der Waals surface area contributed by atoms with E-state index in [4.69, 9.17) is 0 Å². The summed E-state index contributed by atoms with van der Waals surface area (Å²) < 4.78 is 15.0. The Morgan fingerprint density at radius 3 is 2.22 bits per heavy atom. The first-order valence-electron chi connectivity index (χ1n) is 10.3. The number of hydrogen-bond donors (Lipinski definition) is 2. The Labute approximate surface area is 185 Å². The molecular weight excluding hydrogens is 405 g/mol. The molecule has 0 unspecified atom stereocenters. The molecule has 0 radical (unpaired) electrons. The second-order valence-corrected chi connectivity index (χ2v) is 7.87. The number of carbonyl (C=O) groups is 1. The van der Waals surface area contributed by atoms with Gasteiger partial charge in [0.05, 0.1) is 0 Å². The number of halogens is 1. The van der Waals surface area contributed by atoms with Crippen LogP contribution >= 0.6 is 0 Å². The number of amides is 2. The molecule has 0 spiro atoms. The molecule has 32 heavy (non-hydrogen) atoms. The summed E-state index contributed by atoms with van der Waals surface area (Å²) >= 11 is 0. The summed E-state index contributed by atoms with van der Waals surface area (Å²) in [5.41, 5.74) is 4.13. The van der Waals surface area contributed by atoms with Crippen molar-refractivity contribution in [2.45, 2.75) is 20.4 Å². The van der Waals surface area contributed by atoms with Crippen LogP contribution in [0.25, 0.3) is 21.9 Å². The smallest absolute Gasteiger partial charge is 0.320 e. The third kappa shape index (κ3) is 4.12. The van der Waals surface area contributed by atoms with Crippen LogP contribution in [-0.4, -0.2) is 10.6 Å². The molecular formula is C26H24FN3O2. The van der Waals surface area contributed by atoms with Crippen LogP contribution in [0.2, 0.25) is 0 Å². The zero-order valence-electron chi connectivity index (χ0n) is 18.2. The number of carbonyl (C=O) groups excluding carboxylic acids is 1. The number of urea groups is 1. The van der Waals surface area contributed by atoms with Crippen molar-refractivity contribution < 1.29 is 9.18 Å². The largest absolute Gasteiger partial charge is 0.334 e. The average Bonchev–Trinajstić information content (AvgIpc) is 2.79. The molecule has 0 bridgehead atoms. The van der Waals surface area contributed by atoms with E-state index in [2.05, 4.69) is 10.6 Å². The highest BCUT2D eigenvalue weighted by Crippen LogP contribution is 2.35. The number of fused-ring (bicyclic) bond motifs is 1. The minimum atomic E-state index is -0.435. The van der Waals surface area contributed by atoms with E-state index in [0.717, 1.165) is 16.7 Å². The molecule has 0 saturated heterocycles. The van der Waals surface area contributed by atoms with Gasteiger partial charge in [0.15, 0.2) is 0 Å². The topological polar surface area (TPSA) is 63.1 Å². The number of nitrogens with zero attached hydrogens (tertiary/aromatic N) is 1. The minimum absolute atomic E-state index is 0.215. The van der Waals surface area contributed by atoms with Gasteiger partial charge in [-0.2, -0.15) is 0 Å². The van der Waals surface area contributed by atoms with Gasteiger partial charge in [0.2, 0.25) is 0 Å². The Bertz CT molecular complexity index is 1360. The second kappa shape index (κ2) is 8.67. The minimum Gasteiger partial charge on any atom is -0.334 e. The monoisotopic (exact) mass is 429 g/mol. The molecule has 2 amide bonds. The lowest BCUT2D eigenvalue weighted by Crippen LogP contribution is -2.32. The first-order chi connectivity index (χ1) is 15.3. The number of nitrogens with one attached hydrogen (secondary N) is 2. The number of benzene rings is 3. The van der Waals surface area contributed by atoms with Gasteiger partial charge in [-0.3, -0.25) is 14.7 Å². The summed E-state index contributed by atoms with van der Waals surface area (Å²) in [5, 5.41) is 6.93. The molecule has 4 aromatic rings. The summed E-state index contributed by atoms with van der Waals surface area (Å²) in [6.07, 6.45) is 0. The van der Waals surface area contributed by atoms with Gasteiger partial charge in [-0.05, 0) is 59.7 Å². The van der Waals surface area contributed by atoms with Gasteiger partial charge >= 0.3 is 6.03 Å². The molecule has 0 aliphatic heterocycles. The van der Waals surface area contributed by atoms with Crippen molar-refractivity contribution in [2.75, 3.05) is 5.32 Å². The zero-order valence-corrected chi connectivity index (χ0v) is 18.2. The lowest BCUT2D eigenvalue weighted by atomic mass is 9.95. The summed E-state index contributed by atoms with van der Waals surface area (Å²) in [6, 6.07) is 19.0. The zero-order chi connectivity index (χ0) is 22.8. The van der Waals surface area contributed by atoms with Crippen LogP contribution in [0.15, 0.2) is 71.5 Å². The molecule has 1 aromatic heterocycles. The molecule has 4 rings (SSSR count). The van der Waals surface area contributed by atoms with Crippen molar-refractivity contribution in [3.8, 4) is 11.1 Å². The Kier molecular flexibility index (Phi) is 5.77. The van der Waals surface area contributed by atoms with Crippen LogP contribution in [0.5, 0.6) is 0 Å². The number of rotatable bonds is 4. The van der Waals surface area contributed by atoms with Crippen molar-refractivity contribution >= 4 is 22.6 Å². The van der Waals surface area contributed by atoms with E-state index < -0.39 is 6.03 Å². The normalized spacial score (nSPS) is 10.9.